The summed E-state index contributed by atoms with van der Waals surface area (Å²) in [6.45, 7) is 4.31. The minimum Gasteiger partial charge on any atom is -0.301 e. The lowest BCUT2D eigenvalue weighted by molar-refractivity contribution is 0.807. The molecule has 2 aromatic heterocycles. The van der Waals surface area contributed by atoms with E-state index in [1.54, 1.807) is 12.4 Å². The Balaban J connectivity index is 2.70. The van der Waals surface area contributed by atoms with E-state index in [4.69, 9.17) is 0 Å². The fraction of sp³-hybridized carbons (Fsp3) is 0.333. The van der Waals surface area contributed by atoms with Gasteiger partial charge in [-0.15, -0.1) is 0 Å². The quantitative estimate of drug-likeness (QED) is 0.639. The van der Waals surface area contributed by atoms with E-state index in [2.05, 4.69) is 28.2 Å². The molecule has 0 saturated heterocycles. The van der Waals surface area contributed by atoms with E-state index in [9.17, 15) is 0 Å². The van der Waals surface area contributed by atoms with Crippen LogP contribution in [0.5, 0.6) is 0 Å². The summed E-state index contributed by atoms with van der Waals surface area (Å²) >= 11 is 0. The molecule has 12 heavy (non-hydrogen) atoms. The highest BCUT2D eigenvalue weighted by Crippen LogP contribution is 2.14. The van der Waals surface area contributed by atoms with Crippen LogP contribution >= 0.6 is 0 Å². The van der Waals surface area contributed by atoms with Crippen LogP contribution in [-0.4, -0.2) is 14.4 Å². The first-order valence-corrected chi connectivity index (χ1v) is 4.06. The van der Waals surface area contributed by atoms with Crippen molar-refractivity contribution in [2.24, 2.45) is 0 Å². The molecule has 0 amide bonds. The molecule has 0 fully saturated rings. The fourth-order valence-electron chi connectivity index (χ4n) is 1.29. The van der Waals surface area contributed by atoms with E-state index in [-0.39, 0.29) is 0 Å². The zero-order valence-corrected chi connectivity index (χ0v) is 7.23. The number of rotatable bonds is 1. The molecule has 62 valence electrons. The second-order valence-electron chi connectivity index (χ2n) is 3.14. The summed E-state index contributed by atoms with van der Waals surface area (Å²) in [5, 5.41) is 0. The number of hydrogen-bond acceptors (Lipinski definition) is 2. The zero-order valence-electron chi connectivity index (χ0n) is 7.23. The van der Waals surface area contributed by atoms with Crippen molar-refractivity contribution in [2.75, 3.05) is 0 Å². The van der Waals surface area contributed by atoms with Crippen LogP contribution in [0.3, 0.4) is 0 Å². The predicted molar refractivity (Wildman–Crippen MR) is 47.1 cm³/mol. The Labute approximate surface area is 71.1 Å². The van der Waals surface area contributed by atoms with Gasteiger partial charge in [0.15, 0.2) is 5.65 Å². The van der Waals surface area contributed by atoms with E-state index in [0.29, 0.717) is 5.92 Å². The number of hydrogen-bond donors (Lipinski definition) is 0. The molecule has 0 spiro atoms. The molecule has 0 saturated carbocycles. The lowest BCUT2D eigenvalue weighted by atomic mass is 10.1. The molecular formula is C9H11N3. The third kappa shape index (κ3) is 0.978. The molecule has 0 atom stereocenters. The van der Waals surface area contributed by atoms with Crippen LogP contribution in [0.2, 0.25) is 0 Å². The van der Waals surface area contributed by atoms with Crippen molar-refractivity contribution in [3.05, 3.63) is 30.5 Å². The molecule has 3 heteroatoms. The van der Waals surface area contributed by atoms with E-state index in [0.717, 1.165) is 5.65 Å². The van der Waals surface area contributed by atoms with Gasteiger partial charge in [0.05, 0.1) is 6.20 Å². The van der Waals surface area contributed by atoms with E-state index < -0.39 is 0 Å². The molecule has 0 unspecified atom stereocenters. The maximum atomic E-state index is 4.24. The van der Waals surface area contributed by atoms with Crippen molar-refractivity contribution in [1.29, 1.82) is 0 Å². The molecule has 2 aromatic rings. The van der Waals surface area contributed by atoms with Crippen molar-refractivity contribution in [3.63, 3.8) is 0 Å². The summed E-state index contributed by atoms with van der Waals surface area (Å²) in [6, 6.07) is 0. The Morgan fingerprint density at radius 3 is 2.92 bits per heavy atom. The highest BCUT2D eigenvalue weighted by atomic mass is 15.0. The first-order valence-electron chi connectivity index (χ1n) is 4.06. The molecule has 0 radical (unpaired) electrons. The van der Waals surface area contributed by atoms with Gasteiger partial charge in [0.1, 0.15) is 0 Å². The van der Waals surface area contributed by atoms with Crippen LogP contribution in [-0.2, 0) is 0 Å². The molecular weight excluding hydrogens is 150 g/mol. The van der Waals surface area contributed by atoms with Crippen LogP contribution in [0.1, 0.15) is 25.5 Å². The highest BCUT2D eigenvalue weighted by molar-refractivity contribution is 5.37. The number of nitrogens with zero attached hydrogens (tertiary/aromatic N) is 3. The summed E-state index contributed by atoms with van der Waals surface area (Å²) < 4.78 is 2.07. The van der Waals surface area contributed by atoms with Crippen LogP contribution in [0.15, 0.2) is 24.8 Å². The van der Waals surface area contributed by atoms with Crippen molar-refractivity contribution in [3.8, 4) is 0 Å². The maximum Gasteiger partial charge on any atom is 0.155 e. The molecule has 0 aliphatic carbocycles. The largest absolute Gasteiger partial charge is 0.301 e. The van der Waals surface area contributed by atoms with Crippen LogP contribution in [0, 0.1) is 0 Å². The molecule has 2 rings (SSSR count). The number of fused-ring (bicyclic) bond motifs is 1. The fourth-order valence-corrected chi connectivity index (χ4v) is 1.29. The minimum absolute atomic E-state index is 0.502. The lowest BCUT2D eigenvalue weighted by Crippen LogP contribution is -1.94. The Kier molecular flexibility index (Phi) is 1.57. The Morgan fingerprint density at radius 1 is 1.33 bits per heavy atom. The minimum atomic E-state index is 0.502. The van der Waals surface area contributed by atoms with Gasteiger partial charge in [0, 0.05) is 24.3 Å². The molecule has 0 aromatic carbocycles. The number of imidazole rings is 1. The topological polar surface area (TPSA) is 30.2 Å². The van der Waals surface area contributed by atoms with Gasteiger partial charge in [0.2, 0.25) is 0 Å². The lowest BCUT2D eigenvalue weighted by Gasteiger charge is -2.02. The van der Waals surface area contributed by atoms with Crippen molar-refractivity contribution < 1.29 is 0 Å². The summed E-state index contributed by atoms with van der Waals surface area (Å²) in [5.41, 5.74) is 2.15. The van der Waals surface area contributed by atoms with Gasteiger partial charge in [-0.3, -0.25) is 4.98 Å². The molecule has 0 N–H and O–H groups in total. The Hall–Kier alpha value is -1.38. The molecule has 0 aliphatic rings. The summed E-state index contributed by atoms with van der Waals surface area (Å²) in [4.78, 5) is 8.24. The molecule has 0 bridgehead atoms. The summed E-state index contributed by atoms with van der Waals surface area (Å²) in [5.74, 6) is 0.502. The second-order valence-corrected chi connectivity index (χ2v) is 3.14. The summed E-state index contributed by atoms with van der Waals surface area (Å²) in [7, 11) is 0. The van der Waals surface area contributed by atoms with Crippen molar-refractivity contribution in [1.82, 2.24) is 14.4 Å². The van der Waals surface area contributed by atoms with Gasteiger partial charge in [-0.1, -0.05) is 13.8 Å². The third-order valence-corrected chi connectivity index (χ3v) is 1.94. The van der Waals surface area contributed by atoms with Crippen molar-refractivity contribution in [2.45, 2.75) is 19.8 Å². The Morgan fingerprint density at radius 2 is 2.17 bits per heavy atom. The summed E-state index contributed by atoms with van der Waals surface area (Å²) in [6.07, 6.45) is 7.39. The van der Waals surface area contributed by atoms with Crippen LogP contribution in [0.25, 0.3) is 5.65 Å². The average Bonchev–Trinajstić information content (AvgIpc) is 2.47. The van der Waals surface area contributed by atoms with Gasteiger partial charge in [0.25, 0.3) is 0 Å². The molecule has 0 aliphatic heterocycles. The first-order chi connectivity index (χ1) is 5.79. The molecule has 2 heterocycles. The van der Waals surface area contributed by atoms with Gasteiger partial charge in [-0.25, -0.2) is 4.98 Å². The zero-order chi connectivity index (χ0) is 8.55. The average molecular weight is 161 g/mol. The van der Waals surface area contributed by atoms with Crippen molar-refractivity contribution >= 4 is 5.65 Å². The van der Waals surface area contributed by atoms with Gasteiger partial charge < -0.3 is 4.40 Å². The van der Waals surface area contributed by atoms with E-state index in [1.807, 2.05) is 12.4 Å². The first kappa shape index (κ1) is 7.28. The predicted octanol–water partition coefficient (Wildman–Crippen LogP) is 1.85. The smallest absolute Gasteiger partial charge is 0.155 e. The molecule has 3 nitrogen and oxygen atoms in total. The van der Waals surface area contributed by atoms with Gasteiger partial charge in [-0.05, 0) is 5.92 Å². The second kappa shape index (κ2) is 2.59. The Bertz CT molecular complexity index is 389. The maximum absolute atomic E-state index is 4.24. The third-order valence-electron chi connectivity index (χ3n) is 1.94. The highest BCUT2D eigenvalue weighted by Gasteiger charge is 2.05. The van der Waals surface area contributed by atoms with Gasteiger partial charge >= 0.3 is 0 Å². The number of aromatic nitrogens is 3. The van der Waals surface area contributed by atoms with Gasteiger partial charge in [-0.2, -0.15) is 0 Å². The SMILES string of the molecule is CC(C)c1cnc2cnccn12. The monoisotopic (exact) mass is 161 g/mol. The van der Waals surface area contributed by atoms with Crippen LogP contribution < -0.4 is 0 Å². The standard InChI is InChI=1S/C9H11N3/c1-7(2)8-5-11-9-6-10-3-4-12(8)9/h3-7H,1-2H3. The van der Waals surface area contributed by atoms with E-state index in [1.165, 1.54) is 5.69 Å². The van der Waals surface area contributed by atoms with Crippen LogP contribution in [0.4, 0.5) is 0 Å². The normalized spacial score (nSPS) is 11.2. The van der Waals surface area contributed by atoms with E-state index >= 15 is 0 Å².